The van der Waals surface area contributed by atoms with Crippen LogP contribution in [0.3, 0.4) is 0 Å². The molecule has 0 bridgehead atoms. The van der Waals surface area contributed by atoms with Gasteiger partial charge in [-0.05, 0) is 54.3 Å². The van der Waals surface area contributed by atoms with Crippen LogP contribution >= 0.6 is 0 Å². The van der Waals surface area contributed by atoms with Crippen LogP contribution in [0.4, 0.5) is 26.3 Å². The number of fused-ring (bicyclic) bond motifs is 1. The molecular formula is C20H17F6NO. The second kappa shape index (κ2) is 6.76. The summed E-state index contributed by atoms with van der Waals surface area (Å²) in [5.74, 6) is -1.24. The van der Waals surface area contributed by atoms with Gasteiger partial charge >= 0.3 is 12.4 Å². The van der Waals surface area contributed by atoms with E-state index in [1.165, 1.54) is 19.1 Å². The first-order chi connectivity index (χ1) is 12.9. The number of nitrogens with one attached hydrogen (secondary N) is 1. The molecule has 2 aromatic carbocycles. The number of hydrogen-bond donors (Lipinski definition) is 1. The molecule has 0 unspecified atom stereocenters. The van der Waals surface area contributed by atoms with Gasteiger partial charge in [-0.2, -0.15) is 26.3 Å². The molecule has 0 radical (unpaired) electrons. The molecule has 0 aliphatic carbocycles. The molecule has 1 aromatic heterocycles. The van der Waals surface area contributed by atoms with E-state index in [4.69, 9.17) is 4.74 Å². The van der Waals surface area contributed by atoms with Crippen LogP contribution in [0.25, 0.3) is 10.9 Å². The summed E-state index contributed by atoms with van der Waals surface area (Å²) in [6.07, 6.45) is -8.24. The number of alkyl halides is 6. The maximum absolute atomic E-state index is 13.4. The van der Waals surface area contributed by atoms with E-state index in [1.54, 1.807) is 12.3 Å². The summed E-state index contributed by atoms with van der Waals surface area (Å²) in [4.78, 5) is 3.02. The number of aromatic nitrogens is 1. The topological polar surface area (TPSA) is 25.0 Å². The van der Waals surface area contributed by atoms with Crippen molar-refractivity contribution in [1.29, 1.82) is 0 Å². The Morgan fingerprint density at radius 2 is 1.46 bits per heavy atom. The summed E-state index contributed by atoms with van der Waals surface area (Å²) in [5, 5.41) is 0.682. The van der Waals surface area contributed by atoms with E-state index in [0.717, 1.165) is 5.56 Å². The number of H-pyrrole nitrogens is 1. The molecule has 2 nitrogen and oxygen atoms in total. The fourth-order valence-electron chi connectivity index (χ4n) is 3.08. The summed E-state index contributed by atoms with van der Waals surface area (Å²) in [6, 6.07) is 5.65. The fraction of sp³-hybridized carbons (Fsp3) is 0.300. The number of halogens is 6. The van der Waals surface area contributed by atoms with E-state index < -0.39 is 29.2 Å². The summed E-state index contributed by atoms with van der Waals surface area (Å²) in [6.45, 7) is 5.04. The van der Waals surface area contributed by atoms with Gasteiger partial charge in [0.25, 0.3) is 0 Å². The number of hydrogen-bond acceptors (Lipinski definition) is 1. The zero-order valence-corrected chi connectivity index (χ0v) is 15.2. The highest BCUT2D eigenvalue weighted by atomic mass is 19.4. The molecule has 0 saturated carbocycles. The van der Waals surface area contributed by atoms with Crippen molar-refractivity contribution >= 4 is 10.9 Å². The molecule has 1 N–H and O–H groups in total. The van der Waals surface area contributed by atoms with Gasteiger partial charge in [-0.1, -0.05) is 13.8 Å². The van der Waals surface area contributed by atoms with E-state index in [0.29, 0.717) is 23.0 Å². The second-order valence-corrected chi connectivity index (χ2v) is 6.89. The number of benzene rings is 2. The minimum atomic E-state index is -5.00. The second-order valence-electron chi connectivity index (χ2n) is 6.89. The average molecular weight is 401 g/mol. The SMILES string of the molecule is Cc1cc(C(F)(F)F)c(Oc2ccc3[nH]cc(C(C)C)c3c2)c(C(F)(F)F)c1. The molecule has 0 atom stereocenters. The normalized spacial score (nSPS) is 12.8. The predicted octanol–water partition coefficient (Wildman–Crippen LogP) is 7.43. The van der Waals surface area contributed by atoms with Gasteiger partial charge in [-0.15, -0.1) is 0 Å². The molecule has 0 amide bonds. The van der Waals surface area contributed by atoms with Gasteiger partial charge in [0.15, 0.2) is 5.75 Å². The number of aryl methyl sites for hydroxylation is 1. The lowest BCUT2D eigenvalue weighted by atomic mass is 10.0. The Bertz CT molecular complexity index is 979. The molecule has 0 saturated heterocycles. The minimum absolute atomic E-state index is 0.103. The Balaban J connectivity index is 2.18. The molecule has 8 heteroatoms. The van der Waals surface area contributed by atoms with Crippen LogP contribution in [-0.2, 0) is 12.4 Å². The summed E-state index contributed by atoms with van der Waals surface area (Å²) < 4.78 is 85.7. The lowest BCUT2D eigenvalue weighted by Crippen LogP contribution is -2.14. The fourth-order valence-corrected chi connectivity index (χ4v) is 3.08. The Hall–Kier alpha value is -2.64. The van der Waals surface area contributed by atoms with Crippen molar-refractivity contribution in [1.82, 2.24) is 4.98 Å². The van der Waals surface area contributed by atoms with Crippen molar-refractivity contribution in [3.8, 4) is 11.5 Å². The van der Waals surface area contributed by atoms with Crippen molar-refractivity contribution in [3.63, 3.8) is 0 Å². The number of aromatic amines is 1. The quantitative estimate of drug-likeness (QED) is 0.454. The zero-order chi connectivity index (χ0) is 20.9. The van der Waals surface area contributed by atoms with Crippen molar-refractivity contribution in [2.24, 2.45) is 0 Å². The predicted molar refractivity (Wildman–Crippen MR) is 93.6 cm³/mol. The molecule has 150 valence electrons. The molecule has 0 spiro atoms. The molecule has 0 aliphatic heterocycles. The lowest BCUT2D eigenvalue weighted by molar-refractivity contribution is -0.145. The highest BCUT2D eigenvalue weighted by molar-refractivity contribution is 5.85. The van der Waals surface area contributed by atoms with Crippen LogP contribution in [0.1, 0.15) is 42.0 Å². The first-order valence-electron chi connectivity index (χ1n) is 8.46. The molecule has 3 rings (SSSR count). The Morgan fingerprint density at radius 1 is 0.893 bits per heavy atom. The van der Waals surface area contributed by atoms with Crippen LogP contribution in [0, 0.1) is 6.92 Å². The molecule has 3 aromatic rings. The van der Waals surface area contributed by atoms with Gasteiger partial charge in [-0.25, -0.2) is 0 Å². The van der Waals surface area contributed by atoms with E-state index >= 15 is 0 Å². The Morgan fingerprint density at radius 3 is 1.96 bits per heavy atom. The van der Waals surface area contributed by atoms with Crippen molar-refractivity contribution in [2.45, 2.75) is 39.0 Å². The smallest absolute Gasteiger partial charge is 0.420 e. The van der Waals surface area contributed by atoms with Gasteiger partial charge < -0.3 is 9.72 Å². The molecular weight excluding hydrogens is 384 g/mol. The largest absolute Gasteiger partial charge is 0.456 e. The molecule has 0 fully saturated rings. The van der Waals surface area contributed by atoms with E-state index in [1.807, 2.05) is 13.8 Å². The lowest BCUT2D eigenvalue weighted by Gasteiger charge is -2.20. The van der Waals surface area contributed by atoms with Crippen molar-refractivity contribution < 1.29 is 31.1 Å². The summed E-state index contributed by atoms with van der Waals surface area (Å²) in [7, 11) is 0. The van der Waals surface area contributed by atoms with Crippen LogP contribution in [-0.4, -0.2) is 4.98 Å². The third kappa shape index (κ3) is 3.81. The third-order valence-electron chi connectivity index (χ3n) is 4.37. The summed E-state index contributed by atoms with van der Waals surface area (Å²) in [5.41, 5.74) is -1.48. The van der Waals surface area contributed by atoms with Gasteiger partial charge in [0.1, 0.15) is 5.75 Å². The van der Waals surface area contributed by atoms with Gasteiger partial charge in [0, 0.05) is 17.1 Å². The van der Waals surface area contributed by atoms with Crippen LogP contribution in [0.2, 0.25) is 0 Å². The van der Waals surface area contributed by atoms with Crippen molar-refractivity contribution in [3.05, 3.63) is 58.8 Å². The van der Waals surface area contributed by atoms with Crippen molar-refractivity contribution in [2.75, 3.05) is 0 Å². The first kappa shape index (κ1) is 20.1. The van der Waals surface area contributed by atoms with E-state index in [9.17, 15) is 26.3 Å². The van der Waals surface area contributed by atoms with E-state index in [2.05, 4.69) is 4.98 Å². The molecule has 28 heavy (non-hydrogen) atoms. The van der Waals surface area contributed by atoms with Gasteiger partial charge in [0.05, 0.1) is 11.1 Å². The Kier molecular flexibility index (Phi) is 4.85. The zero-order valence-electron chi connectivity index (χ0n) is 15.2. The standard InChI is InChI=1S/C20H17F6NO/c1-10(2)14-9-27-17-5-4-12(8-13(14)17)28-18-15(19(21,22)23)6-11(3)7-16(18)20(24,25)26/h4-10,27H,1-3H3. The van der Waals surface area contributed by atoms with E-state index in [-0.39, 0.29) is 17.2 Å². The number of ether oxygens (including phenoxy) is 1. The highest BCUT2D eigenvalue weighted by Gasteiger charge is 2.42. The average Bonchev–Trinajstić information content (AvgIpc) is 2.97. The monoisotopic (exact) mass is 401 g/mol. The summed E-state index contributed by atoms with van der Waals surface area (Å²) >= 11 is 0. The third-order valence-corrected chi connectivity index (χ3v) is 4.37. The number of rotatable bonds is 3. The van der Waals surface area contributed by atoms with Crippen LogP contribution < -0.4 is 4.74 Å². The maximum atomic E-state index is 13.4. The Labute approximate surface area is 157 Å². The highest BCUT2D eigenvalue weighted by Crippen LogP contribution is 2.46. The van der Waals surface area contributed by atoms with Crippen LogP contribution in [0.15, 0.2) is 36.5 Å². The van der Waals surface area contributed by atoms with Gasteiger partial charge in [-0.3, -0.25) is 0 Å². The van der Waals surface area contributed by atoms with Gasteiger partial charge in [0.2, 0.25) is 0 Å². The first-order valence-corrected chi connectivity index (χ1v) is 8.46. The maximum Gasteiger partial charge on any atom is 0.420 e. The van der Waals surface area contributed by atoms with Crippen LogP contribution in [0.5, 0.6) is 11.5 Å². The molecule has 1 heterocycles. The minimum Gasteiger partial charge on any atom is -0.456 e. The molecule has 0 aliphatic rings.